The molecule has 1 N–H and O–H groups in total. The molecule has 1 atom stereocenters. The first-order valence-electron chi connectivity index (χ1n) is 8.06. The quantitative estimate of drug-likeness (QED) is 0.818. The Hall–Kier alpha value is -0.120. The molecule has 0 spiro atoms. The van der Waals surface area contributed by atoms with Crippen LogP contribution in [0.15, 0.2) is 0 Å². The number of hydrogen-bond donors (Lipinski definition) is 1. The minimum Gasteiger partial charge on any atom is -0.314 e. The molecular formula is C15H29N3. The molecule has 4 heterocycles. The second-order valence-corrected chi connectivity index (χ2v) is 6.47. The van der Waals surface area contributed by atoms with E-state index in [0.29, 0.717) is 0 Å². The monoisotopic (exact) mass is 251 g/mol. The summed E-state index contributed by atoms with van der Waals surface area (Å²) in [4.78, 5) is 5.49. The molecule has 0 saturated carbocycles. The molecule has 3 heteroatoms. The summed E-state index contributed by atoms with van der Waals surface area (Å²) in [5, 5.41) is 3.69. The number of fused-ring (bicyclic) bond motifs is 3. The molecule has 0 aromatic carbocycles. The first-order valence-corrected chi connectivity index (χ1v) is 8.06. The number of piperidine rings is 4. The van der Waals surface area contributed by atoms with Crippen LogP contribution in [0.1, 0.15) is 39.0 Å². The third-order valence-corrected chi connectivity index (χ3v) is 5.30. The molecular weight excluding hydrogens is 222 g/mol. The Balaban J connectivity index is 1.47. The average Bonchev–Trinajstić information content (AvgIpc) is 2.47. The Labute approximate surface area is 112 Å². The fraction of sp³-hybridized carbons (Fsp3) is 1.00. The molecule has 0 aromatic heterocycles. The second kappa shape index (κ2) is 5.89. The lowest BCUT2D eigenvalue weighted by Gasteiger charge is -2.50. The van der Waals surface area contributed by atoms with Crippen molar-refractivity contribution >= 4 is 0 Å². The van der Waals surface area contributed by atoms with Crippen molar-refractivity contribution in [3.05, 3.63) is 0 Å². The zero-order valence-electron chi connectivity index (χ0n) is 11.9. The van der Waals surface area contributed by atoms with E-state index < -0.39 is 0 Å². The van der Waals surface area contributed by atoms with Crippen LogP contribution in [0, 0.1) is 5.92 Å². The lowest BCUT2D eigenvalue weighted by Crippen LogP contribution is -2.59. The fourth-order valence-corrected chi connectivity index (χ4v) is 4.13. The summed E-state index contributed by atoms with van der Waals surface area (Å²) in [5.41, 5.74) is 0. The highest BCUT2D eigenvalue weighted by molar-refractivity contribution is 4.94. The average molecular weight is 251 g/mol. The minimum absolute atomic E-state index is 0.794. The maximum Gasteiger partial charge on any atom is 0.0252 e. The van der Waals surface area contributed by atoms with E-state index in [-0.39, 0.29) is 0 Å². The molecule has 18 heavy (non-hydrogen) atoms. The predicted molar refractivity (Wildman–Crippen MR) is 75.8 cm³/mol. The van der Waals surface area contributed by atoms with Crippen molar-refractivity contribution < 1.29 is 0 Å². The van der Waals surface area contributed by atoms with Gasteiger partial charge in [0, 0.05) is 18.6 Å². The van der Waals surface area contributed by atoms with Crippen molar-refractivity contribution in [3.8, 4) is 0 Å². The normalized spacial score (nSPS) is 38.2. The topological polar surface area (TPSA) is 18.5 Å². The molecule has 2 bridgehead atoms. The van der Waals surface area contributed by atoms with Gasteiger partial charge in [-0.3, -0.25) is 4.90 Å². The van der Waals surface area contributed by atoms with Crippen LogP contribution in [0.5, 0.6) is 0 Å². The van der Waals surface area contributed by atoms with Crippen molar-refractivity contribution in [2.45, 2.75) is 51.1 Å². The van der Waals surface area contributed by atoms with Crippen LogP contribution in [-0.2, 0) is 0 Å². The van der Waals surface area contributed by atoms with E-state index >= 15 is 0 Å². The molecule has 0 radical (unpaired) electrons. The van der Waals surface area contributed by atoms with E-state index in [1.807, 2.05) is 0 Å². The zero-order valence-corrected chi connectivity index (χ0v) is 11.9. The molecule has 0 aromatic rings. The summed E-state index contributed by atoms with van der Waals surface area (Å²) in [6.45, 7) is 10.2. The van der Waals surface area contributed by atoms with Gasteiger partial charge in [-0.1, -0.05) is 6.92 Å². The van der Waals surface area contributed by atoms with E-state index in [2.05, 4.69) is 22.0 Å². The highest BCUT2D eigenvalue weighted by atomic mass is 15.3. The van der Waals surface area contributed by atoms with Crippen molar-refractivity contribution in [2.75, 3.05) is 39.3 Å². The Bertz CT molecular complexity index is 252. The summed E-state index contributed by atoms with van der Waals surface area (Å²) in [5.74, 6) is 1.01. The third kappa shape index (κ3) is 2.73. The van der Waals surface area contributed by atoms with E-state index in [1.54, 1.807) is 0 Å². The molecule has 4 saturated heterocycles. The zero-order chi connectivity index (χ0) is 12.4. The first-order chi connectivity index (χ1) is 8.86. The maximum absolute atomic E-state index is 3.69. The van der Waals surface area contributed by atoms with Crippen molar-refractivity contribution in [1.82, 2.24) is 15.1 Å². The van der Waals surface area contributed by atoms with Crippen LogP contribution in [0.4, 0.5) is 0 Å². The summed E-state index contributed by atoms with van der Waals surface area (Å²) >= 11 is 0. The van der Waals surface area contributed by atoms with Gasteiger partial charge in [0.25, 0.3) is 0 Å². The lowest BCUT2D eigenvalue weighted by atomic mass is 9.82. The van der Waals surface area contributed by atoms with Gasteiger partial charge in [-0.2, -0.15) is 0 Å². The summed E-state index contributed by atoms with van der Waals surface area (Å²) in [6, 6.07) is 1.68. The van der Waals surface area contributed by atoms with Crippen molar-refractivity contribution in [2.24, 2.45) is 5.92 Å². The van der Waals surface area contributed by atoms with E-state index in [1.165, 1.54) is 71.4 Å². The Morgan fingerprint density at radius 2 is 1.72 bits per heavy atom. The van der Waals surface area contributed by atoms with Gasteiger partial charge in [0.1, 0.15) is 0 Å². The van der Waals surface area contributed by atoms with Crippen LogP contribution in [0.3, 0.4) is 0 Å². The molecule has 4 aliphatic rings. The van der Waals surface area contributed by atoms with Gasteiger partial charge >= 0.3 is 0 Å². The van der Waals surface area contributed by atoms with Gasteiger partial charge < -0.3 is 10.2 Å². The number of nitrogens with one attached hydrogen (secondary N) is 1. The van der Waals surface area contributed by atoms with Crippen LogP contribution in [0.2, 0.25) is 0 Å². The van der Waals surface area contributed by atoms with E-state index in [4.69, 9.17) is 0 Å². The van der Waals surface area contributed by atoms with Crippen molar-refractivity contribution in [3.63, 3.8) is 0 Å². The van der Waals surface area contributed by atoms with Crippen molar-refractivity contribution in [1.29, 1.82) is 0 Å². The highest BCUT2D eigenvalue weighted by Crippen LogP contribution is 2.32. The Morgan fingerprint density at radius 3 is 2.28 bits per heavy atom. The van der Waals surface area contributed by atoms with Gasteiger partial charge in [0.05, 0.1) is 0 Å². The van der Waals surface area contributed by atoms with E-state index in [0.717, 1.165) is 18.0 Å². The summed E-state index contributed by atoms with van der Waals surface area (Å²) < 4.78 is 0. The van der Waals surface area contributed by atoms with Crippen LogP contribution in [-0.4, -0.2) is 61.2 Å². The fourth-order valence-electron chi connectivity index (χ4n) is 4.13. The van der Waals surface area contributed by atoms with Gasteiger partial charge in [0.15, 0.2) is 0 Å². The number of rotatable bonds is 4. The largest absolute Gasteiger partial charge is 0.314 e. The minimum atomic E-state index is 0.794. The smallest absolute Gasteiger partial charge is 0.0252 e. The molecule has 1 unspecified atom stereocenters. The van der Waals surface area contributed by atoms with Crippen LogP contribution >= 0.6 is 0 Å². The van der Waals surface area contributed by atoms with Gasteiger partial charge in [-0.15, -0.1) is 0 Å². The predicted octanol–water partition coefficient (Wildman–Crippen LogP) is 1.54. The highest BCUT2D eigenvalue weighted by Gasteiger charge is 2.38. The van der Waals surface area contributed by atoms with Gasteiger partial charge in [-0.25, -0.2) is 0 Å². The van der Waals surface area contributed by atoms with Crippen LogP contribution in [0.25, 0.3) is 0 Å². The van der Waals surface area contributed by atoms with Gasteiger partial charge in [-0.05, 0) is 70.7 Å². The standard InChI is InChI=1S/C15H29N3/c1-2-7-16-14-5-10-18(11-6-14)15-12-17-8-3-13(15)4-9-17/h13-16H,2-12H2,1H3. The summed E-state index contributed by atoms with van der Waals surface area (Å²) in [7, 11) is 0. The number of likely N-dealkylation sites (tertiary alicyclic amines) is 1. The first kappa shape index (κ1) is 12.9. The maximum atomic E-state index is 3.69. The molecule has 4 rings (SSSR count). The lowest BCUT2D eigenvalue weighted by molar-refractivity contribution is -0.00584. The van der Waals surface area contributed by atoms with E-state index in [9.17, 15) is 0 Å². The number of nitrogens with zero attached hydrogens (tertiary/aromatic N) is 2. The number of hydrogen-bond acceptors (Lipinski definition) is 3. The Morgan fingerprint density at radius 1 is 1.00 bits per heavy atom. The SMILES string of the molecule is CCCNC1CCN(C2CN3CCC2CC3)CC1. The molecule has 104 valence electrons. The molecule has 0 aliphatic carbocycles. The molecule has 0 amide bonds. The molecule has 4 aliphatic heterocycles. The summed E-state index contributed by atoms with van der Waals surface area (Å²) in [6.07, 6.45) is 6.91. The molecule has 4 fully saturated rings. The van der Waals surface area contributed by atoms with Crippen LogP contribution < -0.4 is 5.32 Å². The molecule has 3 nitrogen and oxygen atoms in total. The third-order valence-electron chi connectivity index (χ3n) is 5.30. The Kier molecular flexibility index (Phi) is 4.22. The second-order valence-electron chi connectivity index (χ2n) is 6.47. The van der Waals surface area contributed by atoms with Gasteiger partial charge in [0.2, 0.25) is 0 Å².